The van der Waals surface area contributed by atoms with Crippen molar-refractivity contribution in [3.8, 4) is 0 Å². The monoisotopic (exact) mass is 203 g/mol. The molecule has 0 aliphatic heterocycles. The Bertz CT molecular complexity index is 163. The molecule has 0 aromatic heterocycles. The summed E-state index contributed by atoms with van der Waals surface area (Å²) in [4.78, 5) is 10.6. The van der Waals surface area contributed by atoms with Gasteiger partial charge in [0.05, 0.1) is 6.61 Å². The Labute approximate surface area is 80.5 Å². The van der Waals surface area contributed by atoms with Crippen LogP contribution < -0.4 is 5.40 Å². The van der Waals surface area contributed by atoms with Crippen molar-refractivity contribution in [2.75, 3.05) is 13.2 Å². The van der Waals surface area contributed by atoms with E-state index in [4.69, 9.17) is 14.6 Å². The number of ether oxygens (including phenoxy) is 1. The first-order valence-corrected chi connectivity index (χ1v) is 6.32. The van der Waals surface area contributed by atoms with Crippen LogP contribution in [0.2, 0.25) is 6.04 Å². The first-order chi connectivity index (χ1) is 6.20. The van der Waals surface area contributed by atoms with Crippen LogP contribution in [0.5, 0.6) is 0 Å². The highest BCUT2D eigenvalue weighted by molar-refractivity contribution is 6.47. The average molecular weight is 203 g/mol. The van der Waals surface area contributed by atoms with Gasteiger partial charge in [0.2, 0.25) is 9.20 Å². The Morgan fingerprint density at radius 1 is 1.69 bits per heavy atom. The highest BCUT2D eigenvalue weighted by Crippen LogP contribution is 1.95. The molecule has 0 aromatic carbocycles. The molecule has 0 radical (unpaired) electrons. The lowest BCUT2D eigenvalue weighted by molar-refractivity contribution is -0.137. The van der Waals surface area contributed by atoms with Gasteiger partial charge in [0.25, 0.3) is 0 Å². The Morgan fingerprint density at radius 3 is 2.92 bits per heavy atom. The van der Waals surface area contributed by atoms with Crippen molar-refractivity contribution in [2.45, 2.75) is 19.4 Å². The van der Waals surface area contributed by atoms with Gasteiger partial charge in [-0.2, -0.15) is 0 Å². The molecule has 13 heavy (non-hydrogen) atoms. The first kappa shape index (κ1) is 12.3. The molecule has 0 aromatic rings. The molecule has 1 atom stereocenters. The summed E-state index contributed by atoms with van der Waals surface area (Å²) < 4.78 is 10.0. The van der Waals surface area contributed by atoms with Crippen molar-refractivity contribution in [1.29, 1.82) is 0 Å². The highest BCUT2D eigenvalue weighted by Gasteiger charge is 2.04. The fourth-order valence-corrected chi connectivity index (χ4v) is 1.98. The fraction of sp³-hybridized carbons (Fsp3) is 0.625. The summed E-state index contributed by atoms with van der Waals surface area (Å²) in [5, 5.41) is 5.69. The summed E-state index contributed by atoms with van der Waals surface area (Å²) >= 11 is 0. The molecule has 4 nitrogen and oxygen atoms in total. The molecule has 0 amide bonds. The molecular weight excluding hydrogens is 186 g/mol. The van der Waals surface area contributed by atoms with Crippen molar-refractivity contribution >= 4 is 15.2 Å². The van der Waals surface area contributed by atoms with E-state index in [1.54, 1.807) is 0 Å². The number of carbonyl (C=O) groups is 1. The standard InChI is InChI=1S/C8H17NO3Si/c1-3-8(10)11-6-5-7-13(9)12-4-2/h3,13H,1,4-7,9H2,2H3. The molecule has 0 bridgehead atoms. The Morgan fingerprint density at radius 2 is 2.38 bits per heavy atom. The minimum absolute atomic E-state index is 0.383. The smallest absolute Gasteiger partial charge is 0.330 e. The summed E-state index contributed by atoms with van der Waals surface area (Å²) in [6.45, 7) is 6.28. The molecule has 0 saturated heterocycles. The van der Waals surface area contributed by atoms with E-state index in [9.17, 15) is 4.79 Å². The van der Waals surface area contributed by atoms with Crippen molar-refractivity contribution in [3.05, 3.63) is 12.7 Å². The van der Waals surface area contributed by atoms with E-state index < -0.39 is 9.20 Å². The maximum atomic E-state index is 10.6. The third kappa shape index (κ3) is 7.70. The van der Waals surface area contributed by atoms with Crippen LogP contribution in [-0.2, 0) is 14.0 Å². The summed E-state index contributed by atoms with van der Waals surface area (Å²) in [7, 11) is -1.49. The van der Waals surface area contributed by atoms with Crippen LogP contribution in [0.4, 0.5) is 0 Å². The molecule has 0 spiro atoms. The van der Waals surface area contributed by atoms with Crippen LogP contribution in [-0.4, -0.2) is 28.4 Å². The second-order valence-corrected chi connectivity index (χ2v) is 4.50. The molecule has 0 rings (SSSR count). The topological polar surface area (TPSA) is 61.5 Å². The number of hydrogen-bond donors (Lipinski definition) is 1. The largest absolute Gasteiger partial charge is 0.463 e. The molecule has 5 heteroatoms. The van der Waals surface area contributed by atoms with E-state index in [0.717, 1.165) is 18.5 Å². The Balaban J connectivity index is 3.24. The van der Waals surface area contributed by atoms with Gasteiger partial charge in [-0.25, -0.2) is 4.79 Å². The van der Waals surface area contributed by atoms with Crippen LogP contribution in [0.15, 0.2) is 12.7 Å². The minimum Gasteiger partial charge on any atom is -0.463 e. The van der Waals surface area contributed by atoms with Crippen molar-refractivity contribution in [1.82, 2.24) is 0 Å². The quantitative estimate of drug-likeness (QED) is 0.280. The van der Waals surface area contributed by atoms with E-state index in [0.29, 0.717) is 13.2 Å². The van der Waals surface area contributed by atoms with Crippen molar-refractivity contribution in [3.63, 3.8) is 0 Å². The third-order valence-electron chi connectivity index (χ3n) is 1.42. The van der Waals surface area contributed by atoms with Gasteiger partial charge in [-0.3, -0.25) is 0 Å². The zero-order chi connectivity index (χ0) is 10.1. The van der Waals surface area contributed by atoms with E-state index in [1.807, 2.05) is 6.92 Å². The lowest BCUT2D eigenvalue weighted by atomic mass is 10.5. The fourth-order valence-electron chi connectivity index (χ4n) is 0.814. The average Bonchev–Trinajstić information content (AvgIpc) is 2.12. The van der Waals surface area contributed by atoms with Crippen LogP contribution in [0.3, 0.4) is 0 Å². The highest BCUT2D eigenvalue weighted by atomic mass is 28.3. The maximum absolute atomic E-state index is 10.6. The van der Waals surface area contributed by atoms with Crippen molar-refractivity contribution < 1.29 is 14.0 Å². The zero-order valence-corrected chi connectivity index (χ0v) is 9.15. The number of nitrogens with two attached hydrogens (primary N) is 1. The van der Waals surface area contributed by atoms with E-state index in [2.05, 4.69) is 6.58 Å². The van der Waals surface area contributed by atoms with E-state index in [-0.39, 0.29) is 5.97 Å². The second-order valence-electron chi connectivity index (χ2n) is 2.51. The minimum atomic E-state index is -1.49. The predicted octanol–water partition coefficient (Wildman–Crippen LogP) is 0.321. The normalized spacial score (nSPS) is 12.2. The summed E-state index contributed by atoms with van der Waals surface area (Å²) in [5.74, 6) is -0.383. The van der Waals surface area contributed by atoms with Gasteiger partial charge in [0.15, 0.2) is 0 Å². The van der Waals surface area contributed by atoms with Crippen LogP contribution in [0.25, 0.3) is 0 Å². The van der Waals surface area contributed by atoms with Gasteiger partial charge in [0.1, 0.15) is 0 Å². The molecule has 2 N–H and O–H groups in total. The number of rotatable bonds is 7. The third-order valence-corrected chi connectivity index (χ3v) is 3.16. The van der Waals surface area contributed by atoms with Gasteiger partial charge in [-0.05, 0) is 19.4 Å². The van der Waals surface area contributed by atoms with E-state index >= 15 is 0 Å². The molecule has 0 heterocycles. The molecule has 1 unspecified atom stereocenters. The number of esters is 1. The summed E-state index contributed by atoms with van der Waals surface area (Å²) in [6.07, 6.45) is 1.92. The molecular formula is C8H17NO3Si. The Kier molecular flexibility index (Phi) is 7.57. The van der Waals surface area contributed by atoms with Crippen LogP contribution >= 0.6 is 0 Å². The molecule has 0 fully saturated rings. The number of carbonyl (C=O) groups excluding carboxylic acids is 1. The van der Waals surface area contributed by atoms with Gasteiger partial charge in [0, 0.05) is 12.7 Å². The van der Waals surface area contributed by atoms with Gasteiger partial charge in [-0.1, -0.05) is 6.58 Å². The molecule has 0 aliphatic rings. The number of hydrogen-bond acceptors (Lipinski definition) is 4. The van der Waals surface area contributed by atoms with Gasteiger partial charge >= 0.3 is 5.97 Å². The summed E-state index contributed by atoms with van der Waals surface area (Å²) in [5.41, 5.74) is 0. The van der Waals surface area contributed by atoms with Gasteiger partial charge < -0.3 is 14.6 Å². The lowest BCUT2D eigenvalue weighted by Crippen LogP contribution is -2.29. The predicted molar refractivity (Wildman–Crippen MR) is 53.5 cm³/mol. The molecule has 76 valence electrons. The SMILES string of the molecule is C=CC(=O)OCCC[SiH](N)OCC. The second kappa shape index (κ2) is 7.97. The van der Waals surface area contributed by atoms with Crippen molar-refractivity contribution in [2.24, 2.45) is 5.40 Å². The summed E-state index contributed by atoms with van der Waals surface area (Å²) in [6, 6.07) is 0.832. The Hall–Kier alpha value is -0.653. The van der Waals surface area contributed by atoms with Crippen LogP contribution in [0, 0.1) is 0 Å². The first-order valence-electron chi connectivity index (χ1n) is 4.37. The maximum Gasteiger partial charge on any atom is 0.330 e. The molecule has 0 saturated carbocycles. The van der Waals surface area contributed by atoms with Crippen LogP contribution in [0.1, 0.15) is 13.3 Å². The molecule has 0 aliphatic carbocycles. The lowest BCUT2D eigenvalue weighted by Gasteiger charge is -2.08. The zero-order valence-electron chi connectivity index (χ0n) is 7.99. The van der Waals surface area contributed by atoms with E-state index in [1.165, 1.54) is 0 Å². The van der Waals surface area contributed by atoms with Gasteiger partial charge in [-0.15, -0.1) is 0 Å².